The van der Waals surface area contributed by atoms with Crippen molar-refractivity contribution >= 4 is 45.7 Å². The molecule has 0 saturated heterocycles. The molecule has 2 aromatic carbocycles. The van der Waals surface area contributed by atoms with Gasteiger partial charge in [0, 0.05) is 17.3 Å². The lowest BCUT2D eigenvalue weighted by atomic mass is 10.2. The number of rotatable bonds is 11. The zero-order valence-electron chi connectivity index (χ0n) is 17.8. The second-order valence-electron chi connectivity index (χ2n) is 6.62. The van der Waals surface area contributed by atoms with Crippen molar-refractivity contribution < 1.29 is 19.1 Å². The third-order valence-corrected chi connectivity index (χ3v) is 6.16. The average Bonchev–Trinajstić information content (AvgIpc) is 3.25. The van der Waals surface area contributed by atoms with Gasteiger partial charge in [0.1, 0.15) is 11.5 Å². The van der Waals surface area contributed by atoms with Gasteiger partial charge < -0.3 is 14.8 Å². The van der Waals surface area contributed by atoms with Crippen molar-refractivity contribution in [2.75, 3.05) is 30.1 Å². The first-order chi connectivity index (χ1) is 15.6. The van der Waals surface area contributed by atoms with E-state index in [1.165, 1.54) is 23.1 Å². The summed E-state index contributed by atoms with van der Waals surface area (Å²) >= 11 is 2.46. The van der Waals surface area contributed by atoms with E-state index in [0.717, 1.165) is 18.6 Å². The van der Waals surface area contributed by atoms with Crippen molar-refractivity contribution in [3.63, 3.8) is 0 Å². The van der Waals surface area contributed by atoms with Crippen LogP contribution in [-0.4, -0.2) is 41.5 Å². The van der Waals surface area contributed by atoms with Crippen LogP contribution < -0.4 is 20.1 Å². The van der Waals surface area contributed by atoms with Crippen LogP contribution in [0.3, 0.4) is 0 Å². The number of amides is 2. The molecule has 0 fully saturated rings. The van der Waals surface area contributed by atoms with Crippen LogP contribution in [0.15, 0.2) is 52.9 Å². The number of carbonyl (C=O) groups is 2. The highest BCUT2D eigenvalue weighted by Gasteiger charge is 2.12. The van der Waals surface area contributed by atoms with Crippen LogP contribution in [0, 0.1) is 0 Å². The topological polar surface area (TPSA) is 102 Å². The molecule has 0 aliphatic carbocycles. The number of nitrogens with zero attached hydrogens (tertiary/aromatic N) is 2. The van der Waals surface area contributed by atoms with E-state index in [9.17, 15) is 9.59 Å². The summed E-state index contributed by atoms with van der Waals surface area (Å²) in [6.45, 7) is 2.76. The molecule has 3 rings (SSSR count). The van der Waals surface area contributed by atoms with Crippen LogP contribution in [0.1, 0.15) is 30.1 Å². The number of benzene rings is 2. The molecule has 0 spiro atoms. The van der Waals surface area contributed by atoms with Crippen LogP contribution in [0.2, 0.25) is 0 Å². The van der Waals surface area contributed by atoms with Crippen molar-refractivity contribution in [1.29, 1.82) is 0 Å². The predicted molar refractivity (Wildman–Crippen MR) is 127 cm³/mol. The highest BCUT2D eigenvalue weighted by molar-refractivity contribution is 8.01. The Kier molecular flexibility index (Phi) is 8.88. The molecule has 0 atom stereocenters. The highest BCUT2D eigenvalue weighted by atomic mass is 32.2. The number of hydrogen-bond donors (Lipinski definition) is 2. The SMILES string of the molecule is CCCCOc1ccc(C(=O)Nc2nnc(SCC(=O)Nc3cccc(OC)c3)s2)cc1. The number of hydrogen-bond acceptors (Lipinski definition) is 8. The fourth-order valence-electron chi connectivity index (χ4n) is 2.55. The number of thioether (sulfide) groups is 1. The Morgan fingerprint density at radius 1 is 1.06 bits per heavy atom. The fourth-order valence-corrected chi connectivity index (χ4v) is 4.10. The third kappa shape index (κ3) is 7.24. The van der Waals surface area contributed by atoms with Crippen LogP contribution in [0.25, 0.3) is 0 Å². The Labute approximate surface area is 194 Å². The van der Waals surface area contributed by atoms with Gasteiger partial charge in [-0.1, -0.05) is 42.5 Å². The lowest BCUT2D eigenvalue weighted by molar-refractivity contribution is -0.113. The van der Waals surface area contributed by atoms with Gasteiger partial charge in [-0.3, -0.25) is 14.9 Å². The Balaban J connectivity index is 1.46. The van der Waals surface area contributed by atoms with E-state index in [-0.39, 0.29) is 17.6 Å². The molecule has 0 saturated carbocycles. The van der Waals surface area contributed by atoms with Crippen LogP contribution >= 0.6 is 23.1 Å². The summed E-state index contributed by atoms with van der Waals surface area (Å²) in [6, 6.07) is 14.1. The summed E-state index contributed by atoms with van der Waals surface area (Å²) in [5, 5.41) is 13.9. The molecule has 0 bridgehead atoms. The van der Waals surface area contributed by atoms with Crippen molar-refractivity contribution in [2.24, 2.45) is 0 Å². The number of unbranched alkanes of at least 4 members (excludes halogenated alkanes) is 1. The van der Waals surface area contributed by atoms with Gasteiger partial charge in [0.25, 0.3) is 5.91 Å². The summed E-state index contributed by atoms with van der Waals surface area (Å²) in [4.78, 5) is 24.6. The summed E-state index contributed by atoms with van der Waals surface area (Å²) in [7, 11) is 1.57. The standard InChI is InChI=1S/C22H24N4O4S2/c1-3-4-12-30-17-10-8-15(9-11-17)20(28)24-21-25-26-22(32-21)31-14-19(27)23-16-6-5-7-18(13-16)29-2/h5-11,13H,3-4,12,14H2,1-2H3,(H,23,27)(H,24,25,28). The number of anilines is 2. The molecule has 8 nitrogen and oxygen atoms in total. The minimum absolute atomic E-state index is 0.166. The molecule has 2 N–H and O–H groups in total. The van der Waals surface area contributed by atoms with Gasteiger partial charge >= 0.3 is 0 Å². The van der Waals surface area contributed by atoms with E-state index in [1.54, 1.807) is 55.6 Å². The predicted octanol–water partition coefficient (Wildman–Crippen LogP) is 4.71. The minimum Gasteiger partial charge on any atom is -0.497 e. The third-order valence-electron chi connectivity index (χ3n) is 4.19. The normalized spacial score (nSPS) is 10.4. The van der Waals surface area contributed by atoms with Gasteiger partial charge in [0.05, 0.1) is 19.5 Å². The molecule has 0 radical (unpaired) electrons. The molecule has 1 aromatic heterocycles. The number of ether oxygens (including phenoxy) is 2. The lowest BCUT2D eigenvalue weighted by Gasteiger charge is -2.06. The molecule has 1 heterocycles. The van der Waals surface area contributed by atoms with Gasteiger partial charge in [-0.25, -0.2) is 0 Å². The molecule has 3 aromatic rings. The summed E-state index contributed by atoms with van der Waals surface area (Å²) in [5.41, 5.74) is 1.15. The highest BCUT2D eigenvalue weighted by Crippen LogP contribution is 2.26. The maximum absolute atomic E-state index is 12.4. The second kappa shape index (κ2) is 12.1. The molecular weight excluding hydrogens is 448 g/mol. The zero-order chi connectivity index (χ0) is 22.8. The first-order valence-corrected chi connectivity index (χ1v) is 11.8. The van der Waals surface area contributed by atoms with Crippen LogP contribution in [-0.2, 0) is 4.79 Å². The number of methoxy groups -OCH3 is 1. The van der Waals surface area contributed by atoms with Gasteiger partial charge in [-0.2, -0.15) is 0 Å². The van der Waals surface area contributed by atoms with E-state index >= 15 is 0 Å². The van der Waals surface area contributed by atoms with E-state index in [4.69, 9.17) is 9.47 Å². The first-order valence-electron chi connectivity index (χ1n) is 10.0. The van der Waals surface area contributed by atoms with Gasteiger partial charge in [-0.15, -0.1) is 10.2 Å². The Bertz CT molecular complexity index is 1040. The molecule has 0 unspecified atom stereocenters. The maximum atomic E-state index is 12.4. The first kappa shape index (κ1) is 23.6. The Morgan fingerprint density at radius 3 is 2.62 bits per heavy atom. The molecule has 10 heteroatoms. The quantitative estimate of drug-likeness (QED) is 0.237. The summed E-state index contributed by atoms with van der Waals surface area (Å²) in [6.07, 6.45) is 2.05. The van der Waals surface area contributed by atoms with Gasteiger partial charge in [-0.05, 0) is 42.8 Å². The molecule has 168 valence electrons. The Hall–Kier alpha value is -3.11. The molecule has 32 heavy (non-hydrogen) atoms. The van der Waals surface area contributed by atoms with Crippen molar-refractivity contribution in [1.82, 2.24) is 10.2 Å². The Morgan fingerprint density at radius 2 is 1.88 bits per heavy atom. The second-order valence-corrected chi connectivity index (χ2v) is 8.82. The summed E-state index contributed by atoms with van der Waals surface area (Å²) in [5.74, 6) is 1.11. The average molecular weight is 473 g/mol. The van der Waals surface area contributed by atoms with Crippen molar-refractivity contribution in [3.05, 3.63) is 54.1 Å². The molecule has 2 amide bonds. The van der Waals surface area contributed by atoms with Crippen LogP contribution in [0.4, 0.5) is 10.8 Å². The van der Waals surface area contributed by atoms with E-state index in [0.29, 0.717) is 33.1 Å². The number of nitrogens with one attached hydrogen (secondary N) is 2. The molecule has 0 aliphatic heterocycles. The summed E-state index contributed by atoms with van der Waals surface area (Å²) < 4.78 is 11.3. The minimum atomic E-state index is -0.284. The van der Waals surface area contributed by atoms with Crippen molar-refractivity contribution in [2.45, 2.75) is 24.1 Å². The smallest absolute Gasteiger partial charge is 0.257 e. The lowest BCUT2D eigenvalue weighted by Crippen LogP contribution is -2.13. The monoisotopic (exact) mass is 472 g/mol. The maximum Gasteiger partial charge on any atom is 0.257 e. The van der Waals surface area contributed by atoms with E-state index in [1.807, 2.05) is 0 Å². The van der Waals surface area contributed by atoms with Crippen molar-refractivity contribution in [3.8, 4) is 11.5 Å². The van der Waals surface area contributed by atoms with Gasteiger partial charge in [0.15, 0.2) is 4.34 Å². The molecule has 0 aliphatic rings. The number of carbonyl (C=O) groups excluding carboxylic acids is 2. The van der Waals surface area contributed by atoms with Crippen LogP contribution in [0.5, 0.6) is 11.5 Å². The molecular formula is C22H24N4O4S2. The van der Waals surface area contributed by atoms with Gasteiger partial charge in [0.2, 0.25) is 11.0 Å². The van der Waals surface area contributed by atoms with E-state index in [2.05, 4.69) is 27.8 Å². The zero-order valence-corrected chi connectivity index (χ0v) is 19.4. The largest absolute Gasteiger partial charge is 0.497 e. The number of aromatic nitrogens is 2. The van der Waals surface area contributed by atoms with E-state index < -0.39 is 0 Å². The fraction of sp³-hybridized carbons (Fsp3) is 0.273.